The molecule has 0 saturated heterocycles. The summed E-state index contributed by atoms with van der Waals surface area (Å²) in [6.45, 7) is 6.88. The number of nitrogens with zero attached hydrogens (tertiary/aromatic N) is 1. The lowest BCUT2D eigenvalue weighted by atomic mass is 9.97. The Morgan fingerprint density at radius 1 is 0.944 bits per heavy atom. The van der Waals surface area contributed by atoms with Gasteiger partial charge in [0.05, 0.1) is 30.7 Å². The molecule has 184 valence electrons. The van der Waals surface area contributed by atoms with Crippen LogP contribution in [0.25, 0.3) is 11.0 Å². The number of ether oxygens (including phenoxy) is 2. The second kappa shape index (κ2) is 9.53. The van der Waals surface area contributed by atoms with E-state index in [0.717, 1.165) is 34.4 Å². The predicted molar refractivity (Wildman–Crippen MR) is 139 cm³/mol. The molecule has 1 amide bonds. The molecule has 36 heavy (non-hydrogen) atoms. The standard InChI is InChI=1S/C30H29NO5/c1-5-13-35-23-8-6-7-21(16-23)27-26-28(32)24-14-18(2)19(3)15-25(24)36-29(26)30(33)31(27)17-20-9-11-22(34-4)12-10-20/h6-12,14-16,27H,5,13,17H2,1-4H3. The molecule has 1 aliphatic rings. The fourth-order valence-corrected chi connectivity index (χ4v) is 4.71. The topological polar surface area (TPSA) is 69.0 Å². The van der Waals surface area contributed by atoms with Crippen LogP contribution in [0.3, 0.4) is 0 Å². The molecule has 0 saturated carbocycles. The molecule has 4 aromatic rings. The monoisotopic (exact) mass is 483 g/mol. The maximum absolute atomic E-state index is 13.9. The van der Waals surface area contributed by atoms with Gasteiger partial charge in [0.1, 0.15) is 17.1 Å². The lowest BCUT2D eigenvalue weighted by Crippen LogP contribution is -2.29. The molecule has 1 unspecified atom stereocenters. The van der Waals surface area contributed by atoms with Gasteiger partial charge in [-0.2, -0.15) is 0 Å². The molecule has 0 bridgehead atoms. The zero-order valence-corrected chi connectivity index (χ0v) is 21.0. The first kappa shape index (κ1) is 23.7. The summed E-state index contributed by atoms with van der Waals surface area (Å²) in [5, 5.41) is 0.485. The summed E-state index contributed by atoms with van der Waals surface area (Å²) >= 11 is 0. The maximum atomic E-state index is 13.9. The lowest BCUT2D eigenvalue weighted by molar-refractivity contribution is 0.0714. The van der Waals surface area contributed by atoms with E-state index < -0.39 is 6.04 Å². The van der Waals surface area contributed by atoms with Crippen molar-refractivity contribution in [3.63, 3.8) is 0 Å². The second-order valence-corrected chi connectivity index (χ2v) is 9.21. The molecule has 1 aliphatic heterocycles. The molecule has 2 heterocycles. The number of rotatable bonds is 7. The Labute approximate surface area is 210 Å². The van der Waals surface area contributed by atoms with Gasteiger partial charge in [0.25, 0.3) is 5.91 Å². The molecule has 1 aromatic heterocycles. The SMILES string of the molecule is CCCOc1cccc(C2c3c(oc4cc(C)c(C)cc4c3=O)C(=O)N2Cc2ccc(OC)cc2)c1. The van der Waals surface area contributed by atoms with Gasteiger partial charge in [-0.25, -0.2) is 0 Å². The Morgan fingerprint density at radius 2 is 1.69 bits per heavy atom. The molecule has 0 spiro atoms. The van der Waals surface area contributed by atoms with Gasteiger partial charge in [-0.3, -0.25) is 9.59 Å². The van der Waals surface area contributed by atoms with E-state index in [1.54, 1.807) is 12.0 Å². The zero-order valence-electron chi connectivity index (χ0n) is 21.0. The minimum Gasteiger partial charge on any atom is -0.497 e. The first-order chi connectivity index (χ1) is 17.4. The molecule has 0 fully saturated rings. The number of hydrogen-bond acceptors (Lipinski definition) is 5. The van der Waals surface area contributed by atoms with E-state index in [0.29, 0.717) is 35.4 Å². The van der Waals surface area contributed by atoms with Crippen LogP contribution in [0, 0.1) is 13.8 Å². The van der Waals surface area contributed by atoms with Crippen molar-refractivity contribution < 1.29 is 18.7 Å². The van der Waals surface area contributed by atoms with Crippen LogP contribution in [0.2, 0.25) is 0 Å². The molecule has 6 nitrogen and oxygen atoms in total. The summed E-state index contributed by atoms with van der Waals surface area (Å²) in [7, 11) is 1.62. The van der Waals surface area contributed by atoms with Crippen LogP contribution in [0.4, 0.5) is 0 Å². The van der Waals surface area contributed by atoms with Crippen molar-refractivity contribution in [1.82, 2.24) is 4.90 Å². The van der Waals surface area contributed by atoms with Crippen molar-refractivity contribution in [1.29, 1.82) is 0 Å². The number of hydrogen-bond donors (Lipinski definition) is 0. The molecule has 0 radical (unpaired) electrons. The van der Waals surface area contributed by atoms with Crippen LogP contribution in [0.5, 0.6) is 11.5 Å². The molecule has 0 N–H and O–H groups in total. The van der Waals surface area contributed by atoms with E-state index in [1.165, 1.54) is 0 Å². The Morgan fingerprint density at radius 3 is 2.42 bits per heavy atom. The van der Waals surface area contributed by atoms with E-state index in [2.05, 4.69) is 0 Å². The van der Waals surface area contributed by atoms with Crippen LogP contribution in [-0.4, -0.2) is 24.5 Å². The zero-order chi connectivity index (χ0) is 25.4. The molecule has 0 aliphatic carbocycles. The van der Waals surface area contributed by atoms with Crippen molar-refractivity contribution >= 4 is 16.9 Å². The summed E-state index contributed by atoms with van der Waals surface area (Å²) in [5.74, 6) is 1.24. The minimum absolute atomic E-state index is 0.106. The molecule has 5 rings (SSSR count). The van der Waals surface area contributed by atoms with E-state index in [4.69, 9.17) is 13.9 Å². The van der Waals surface area contributed by atoms with Crippen LogP contribution in [0.1, 0.15) is 57.8 Å². The molecule has 6 heteroatoms. The van der Waals surface area contributed by atoms with Crippen LogP contribution in [-0.2, 0) is 6.54 Å². The van der Waals surface area contributed by atoms with Crippen LogP contribution >= 0.6 is 0 Å². The summed E-state index contributed by atoms with van der Waals surface area (Å²) in [5.41, 5.74) is 4.36. The van der Waals surface area contributed by atoms with Gasteiger partial charge < -0.3 is 18.8 Å². The number of fused-ring (bicyclic) bond motifs is 2. The maximum Gasteiger partial charge on any atom is 0.291 e. The average Bonchev–Trinajstić information content (AvgIpc) is 3.16. The highest BCUT2D eigenvalue weighted by molar-refractivity contribution is 5.99. The highest BCUT2D eigenvalue weighted by Crippen LogP contribution is 2.40. The van der Waals surface area contributed by atoms with Crippen molar-refractivity contribution in [3.05, 3.63) is 104 Å². The van der Waals surface area contributed by atoms with E-state index in [-0.39, 0.29) is 17.1 Å². The Hall–Kier alpha value is -4.06. The Bertz CT molecular complexity index is 1500. The average molecular weight is 484 g/mol. The third-order valence-corrected chi connectivity index (χ3v) is 6.74. The largest absolute Gasteiger partial charge is 0.497 e. The number of carbonyl (C=O) groups is 1. The first-order valence-electron chi connectivity index (χ1n) is 12.2. The third-order valence-electron chi connectivity index (χ3n) is 6.74. The van der Waals surface area contributed by atoms with Crippen molar-refractivity contribution in [2.75, 3.05) is 13.7 Å². The second-order valence-electron chi connectivity index (χ2n) is 9.21. The summed E-state index contributed by atoms with van der Waals surface area (Å²) < 4.78 is 17.3. The van der Waals surface area contributed by atoms with Crippen LogP contribution in [0.15, 0.2) is 69.9 Å². The van der Waals surface area contributed by atoms with E-state index in [1.807, 2.05) is 81.4 Å². The highest BCUT2D eigenvalue weighted by atomic mass is 16.5. The molecular weight excluding hydrogens is 454 g/mol. The Kier molecular flexibility index (Phi) is 6.27. The van der Waals surface area contributed by atoms with Gasteiger partial charge in [-0.1, -0.05) is 31.2 Å². The smallest absolute Gasteiger partial charge is 0.291 e. The first-order valence-corrected chi connectivity index (χ1v) is 12.2. The summed E-state index contributed by atoms with van der Waals surface area (Å²) in [6.07, 6.45) is 0.882. The number of aryl methyl sites for hydroxylation is 2. The van der Waals surface area contributed by atoms with Crippen molar-refractivity contribution in [3.8, 4) is 11.5 Å². The van der Waals surface area contributed by atoms with Gasteiger partial charge in [-0.15, -0.1) is 0 Å². The summed E-state index contributed by atoms with van der Waals surface area (Å²) in [4.78, 5) is 29.3. The molecular formula is C30H29NO5. The quantitative estimate of drug-likeness (QED) is 0.325. The number of carbonyl (C=O) groups excluding carboxylic acids is 1. The van der Waals surface area contributed by atoms with E-state index >= 15 is 0 Å². The van der Waals surface area contributed by atoms with Crippen molar-refractivity contribution in [2.24, 2.45) is 0 Å². The summed E-state index contributed by atoms with van der Waals surface area (Å²) in [6, 6.07) is 18.3. The van der Waals surface area contributed by atoms with Gasteiger partial charge in [0.2, 0.25) is 5.76 Å². The van der Waals surface area contributed by atoms with Gasteiger partial charge in [0.15, 0.2) is 5.43 Å². The van der Waals surface area contributed by atoms with Gasteiger partial charge >= 0.3 is 0 Å². The third kappa shape index (κ3) is 4.13. The van der Waals surface area contributed by atoms with E-state index in [9.17, 15) is 9.59 Å². The normalized spacial score (nSPS) is 14.8. The molecule has 3 aromatic carbocycles. The van der Waals surface area contributed by atoms with Gasteiger partial charge in [0, 0.05) is 6.54 Å². The lowest BCUT2D eigenvalue weighted by Gasteiger charge is -2.25. The number of amides is 1. The number of methoxy groups -OCH3 is 1. The Balaban J connectivity index is 1.67. The fourth-order valence-electron chi connectivity index (χ4n) is 4.71. The minimum atomic E-state index is -0.595. The number of benzene rings is 3. The van der Waals surface area contributed by atoms with Crippen molar-refractivity contribution in [2.45, 2.75) is 39.8 Å². The van der Waals surface area contributed by atoms with Gasteiger partial charge in [-0.05, 0) is 78.9 Å². The highest BCUT2D eigenvalue weighted by Gasteiger charge is 2.42. The fraction of sp³-hybridized carbons (Fsp3) is 0.267. The predicted octanol–water partition coefficient (Wildman–Crippen LogP) is 5.95. The molecule has 1 atom stereocenters. The van der Waals surface area contributed by atoms with Crippen LogP contribution < -0.4 is 14.9 Å².